The third-order valence-electron chi connectivity index (χ3n) is 2.09. The van der Waals surface area contributed by atoms with E-state index in [1.807, 2.05) is 0 Å². The number of ether oxygens (including phenoxy) is 2. The van der Waals surface area contributed by atoms with Crippen LogP contribution in [-0.2, 0) is 16.0 Å². The fraction of sp³-hybridized carbons (Fsp3) is 0.600. The van der Waals surface area contributed by atoms with Gasteiger partial charge >= 0.3 is 5.97 Å². The Hall–Kier alpha value is -1.56. The maximum absolute atomic E-state index is 11.4. The van der Waals surface area contributed by atoms with E-state index in [0.717, 1.165) is 6.42 Å². The van der Waals surface area contributed by atoms with Gasteiger partial charge in [0.25, 0.3) is 0 Å². The van der Waals surface area contributed by atoms with Crippen molar-refractivity contribution in [2.24, 2.45) is 0 Å². The lowest BCUT2D eigenvalue weighted by atomic mass is 10.3. The Labute approximate surface area is 94.3 Å². The fourth-order valence-electron chi connectivity index (χ4n) is 1.30. The summed E-state index contributed by atoms with van der Waals surface area (Å²) in [5.41, 5.74) is 6.09. The van der Waals surface area contributed by atoms with E-state index in [2.05, 4.69) is 5.10 Å². The highest BCUT2D eigenvalue weighted by Gasteiger charge is 2.15. The average molecular weight is 227 g/mol. The van der Waals surface area contributed by atoms with Crippen molar-refractivity contribution in [3.05, 3.63) is 11.8 Å². The minimum absolute atomic E-state index is 0.319. The van der Waals surface area contributed by atoms with Crippen molar-refractivity contribution in [2.75, 3.05) is 26.1 Å². The van der Waals surface area contributed by atoms with E-state index < -0.39 is 5.97 Å². The van der Waals surface area contributed by atoms with Crippen LogP contribution in [0.1, 0.15) is 23.7 Å². The third-order valence-corrected chi connectivity index (χ3v) is 2.09. The van der Waals surface area contributed by atoms with Crippen molar-refractivity contribution in [2.45, 2.75) is 19.9 Å². The first-order chi connectivity index (χ1) is 7.70. The molecule has 0 aliphatic carbocycles. The second kappa shape index (κ2) is 6.12. The number of anilines is 1. The van der Waals surface area contributed by atoms with Crippen LogP contribution in [0.5, 0.6) is 0 Å². The Bertz CT molecular complexity index is 349. The van der Waals surface area contributed by atoms with Crippen LogP contribution in [0.2, 0.25) is 0 Å². The van der Waals surface area contributed by atoms with E-state index in [1.165, 1.54) is 6.20 Å². The smallest absolute Gasteiger partial charge is 0.343 e. The lowest BCUT2D eigenvalue weighted by Gasteiger charge is -2.04. The quantitative estimate of drug-likeness (QED) is 0.571. The first kappa shape index (κ1) is 12.5. The molecule has 0 aliphatic rings. The normalized spacial score (nSPS) is 10.4. The van der Waals surface area contributed by atoms with Crippen LogP contribution in [0.3, 0.4) is 0 Å². The molecule has 0 saturated heterocycles. The zero-order valence-electron chi connectivity index (χ0n) is 9.60. The second-order valence-electron chi connectivity index (χ2n) is 3.23. The molecule has 0 atom stereocenters. The Morgan fingerprint density at radius 2 is 2.38 bits per heavy atom. The van der Waals surface area contributed by atoms with E-state index >= 15 is 0 Å². The number of aromatic nitrogens is 2. The molecule has 90 valence electrons. The van der Waals surface area contributed by atoms with E-state index in [-0.39, 0.29) is 0 Å². The summed E-state index contributed by atoms with van der Waals surface area (Å²) < 4.78 is 11.3. The van der Waals surface area contributed by atoms with Crippen LogP contribution < -0.4 is 5.73 Å². The van der Waals surface area contributed by atoms with E-state index in [9.17, 15) is 4.79 Å². The largest absolute Gasteiger partial charge is 0.462 e. The predicted octanol–water partition coefficient (Wildman–Crippen LogP) is 0.678. The van der Waals surface area contributed by atoms with Crippen molar-refractivity contribution in [3.8, 4) is 0 Å². The molecule has 1 heterocycles. The average Bonchev–Trinajstić information content (AvgIpc) is 2.61. The highest BCUT2D eigenvalue weighted by Crippen LogP contribution is 2.12. The van der Waals surface area contributed by atoms with Crippen molar-refractivity contribution in [3.63, 3.8) is 0 Å². The number of nitrogen functional groups attached to an aromatic ring is 1. The molecular weight excluding hydrogens is 210 g/mol. The molecule has 0 spiro atoms. The number of hydrogen-bond acceptors (Lipinski definition) is 5. The molecule has 0 bridgehead atoms. The van der Waals surface area contributed by atoms with Gasteiger partial charge in [0.1, 0.15) is 11.4 Å². The predicted molar refractivity (Wildman–Crippen MR) is 59.1 cm³/mol. The minimum atomic E-state index is -0.432. The zero-order chi connectivity index (χ0) is 12.0. The zero-order valence-corrected chi connectivity index (χ0v) is 9.60. The Balaban J connectivity index is 2.64. The highest BCUT2D eigenvalue weighted by atomic mass is 16.5. The molecule has 0 unspecified atom stereocenters. The van der Waals surface area contributed by atoms with Crippen LogP contribution in [0.4, 0.5) is 5.82 Å². The van der Waals surface area contributed by atoms with Gasteiger partial charge < -0.3 is 15.2 Å². The van der Waals surface area contributed by atoms with Gasteiger partial charge in [-0.25, -0.2) is 9.48 Å². The maximum atomic E-state index is 11.4. The van der Waals surface area contributed by atoms with Gasteiger partial charge in [0, 0.05) is 20.3 Å². The van der Waals surface area contributed by atoms with E-state index in [0.29, 0.717) is 31.1 Å². The topological polar surface area (TPSA) is 79.4 Å². The maximum Gasteiger partial charge on any atom is 0.343 e. The summed E-state index contributed by atoms with van der Waals surface area (Å²) in [7, 11) is 1.64. The first-order valence-corrected chi connectivity index (χ1v) is 5.18. The number of nitrogens with two attached hydrogens (primary N) is 1. The molecule has 16 heavy (non-hydrogen) atoms. The summed E-state index contributed by atoms with van der Waals surface area (Å²) in [6, 6.07) is 0. The van der Waals surface area contributed by atoms with Gasteiger partial charge in [-0.2, -0.15) is 5.10 Å². The Kier molecular flexibility index (Phi) is 4.78. The monoisotopic (exact) mass is 227 g/mol. The van der Waals surface area contributed by atoms with Crippen molar-refractivity contribution in [1.82, 2.24) is 9.78 Å². The number of methoxy groups -OCH3 is 1. The van der Waals surface area contributed by atoms with Crippen LogP contribution in [0.25, 0.3) is 0 Å². The lowest BCUT2D eigenvalue weighted by molar-refractivity contribution is 0.0527. The number of nitrogens with zero attached hydrogens (tertiary/aromatic N) is 2. The summed E-state index contributed by atoms with van der Waals surface area (Å²) >= 11 is 0. The summed E-state index contributed by atoms with van der Waals surface area (Å²) in [6.45, 7) is 3.33. The van der Waals surface area contributed by atoms with E-state index in [1.54, 1.807) is 18.7 Å². The van der Waals surface area contributed by atoms with Crippen LogP contribution >= 0.6 is 0 Å². The number of carbonyl (C=O) groups is 1. The van der Waals surface area contributed by atoms with Crippen molar-refractivity contribution in [1.29, 1.82) is 0 Å². The van der Waals surface area contributed by atoms with Gasteiger partial charge in [-0.1, -0.05) is 0 Å². The number of hydrogen-bond donors (Lipinski definition) is 1. The number of aryl methyl sites for hydroxylation is 1. The summed E-state index contributed by atoms with van der Waals surface area (Å²) in [6.07, 6.45) is 2.23. The molecule has 0 aliphatic heterocycles. The highest BCUT2D eigenvalue weighted by molar-refractivity contribution is 5.93. The molecule has 0 radical (unpaired) electrons. The third kappa shape index (κ3) is 2.96. The fourth-order valence-corrected chi connectivity index (χ4v) is 1.30. The standard InChI is InChI=1S/C10H17N3O3/c1-3-16-10(14)8-7-12-13(9(8)11)5-4-6-15-2/h7H,3-6,11H2,1-2H3. The van der Waals surface area contributed by atoms with Gasteiger partial charge in [-0.05, 0) is 13.3 Å². The SMILES string of the molecule is CCOC(=O)c1cnn(CCCOC)c1N. The minimum Gasteiger partial charge on any atom is -0.462 e. The van der Waals surface area contributed by atoms with Gasteiger partial charge in [-0.3, -0.25) is 0 Å². The molecule has 2 N–H and O–H groups in total. The molecule has 1 rings (SSSR count). The lowest BCUT2D eigenvalue weighted by Crippen LogP contribution is -2.10. The molecule has 6 heteroatoms. The Morgan fingerprint density at radius 3 is 3.00 bits per heavy atom. The molecule has 0 amide bonds. The van der Waals surface area contributed by atoms with Gasteiger partial charge in [0.15, 0.2) is 0 Å². The molecule has 0 aromatic carbocycles. The molecule has 1 aromatic rings. The number of rotatable bonds is 6. The first-order valence-electron chi connectivity index (χ1n) is 5.18. The van der Waals surface area contributed by atoms with Gasteiger partial charge in [0.05, 0.1) is 12.8 Å². The van der Waals surface area contributed by atoms with Gasteiger partial charge in [0.2, 0.25) is 0 Å². The van der Waals surface area contributed by atoms with Crippen LogP contribution in [0.15, 0.2) is 6.20 Å². The summed E-state index contributed by atoms with van der Waals surface area (Å²) in [5.74, 6) is -0.0902. The number of carbonyl (C=O) groups excluding carboxylic acids is 1. The summed E-state index contributed by atoms with van der Waals surface area (Å²) in [4.78, 5) is 11.4. The van der Waals surface area contributed by atoms with Crippen molar-refractivity contribution < 1.29 is 14.3 Å². The molecule has 6 nitrogen and oxygen atoms in total. The van der Waals surface area contributed by atoms with Crippen LogP contribution in [0, 0.1) is 0 Å². The summed E-state index contributed by atoms with van der Waals surface area (Å²) in [5, 5.41) is 4.03. The molecular formula is C10H17N3O3. The van der Waals surface area contributed by atoms with Crippen molar-refractivity contribution >= 4 is 11.8 Å². The molecule has 0 fully saturated rings. The van der Waals surface area contributed by atoms with E-state index in [4.69, 9.17) is 15.2 Å². The number of esters is 1. The second-order valence-corrected chi connectivity index (χ2v) is 3.23. The van der Waals surface area contributed by atoms with Gasteiger partial charge in [-0.15, -0.1) is 0 Å². The molecule has 1 aromatic heterocycles. The van der Waals surface area contributed by atoms with Crippen LogP contribution in [-0.4, -0.2) is 36.1 Å². The Morgan fingerprint density at radius 1 is 1.62 bits per heavy atom. The molecule has 0 saturated carbocycles.